The Morgan fingerprint density at radius 1 is 1.09 bits per heavy atom. The Morgan fingerprint density at radius 2 is 1.85 bits per heavy atom. The Hall–Kier alpha value is -4.18. The van der Waals surface area contributed by atoms with E-state index in [1.54, 1.807) is 43.4 Å². The number of benzene rings is 2. The number of fused-ring (bicyclic) bond motifs is 3. The summed E-state index contributed by atoms with van der Waals surface area (Å²) < 4.78 is 10.4. The Balaban J connectivity index is 1.94. The van der Waals surface area contributed by atoms with Crippen LogP contribution in [0.3, 0.4) is 0 Å². The molecule has 0 unspecified atom stereocenters. The van der Waals surface area contributed by atoms with Crippen LogP contribution in [0.25, 0.3) is 22.2 Å². The molecule has 2 aromatic carbocycles. The van der Waals surface area contributed by atoms with Crippen molar-refractivity contribution in [1.82, 2.24) is 13.7 Å². The molecule has 0 spiro atoms. The fraction of sp³-hybridized carbons (Fsp3) is 0.217. The predicted molar refractivity (Wildman–Crippen MR) is 120 cm³/mol. The van der Waals surface area contributed by atoms with Gasteiger partial charge in [0.1, 0.15) is 11.9 Å². The molecule has 1 atom stereocenters. The summed E-state index contributed by atoms with van der Waals surface area (Å²) in [7, 11) is 2.98. The molecule has 2 aromatic heterocycles. The lowest BCUT2D eigenvalue weighted by atomic mass is 10.0. The standard InChI is InChI=1S/C23H20N4O6/c1-24-19-17(22(29)25(2)23(24)30)18(13-5-3-7-15(11-13)27(31)32)26-9-10-33-21(20(19)26)14-6-4-8-16(28)12-14/h3-8,11-12,21,28H,9-10H2,1-2H3/t21-/m0/s1. The smallest absolute Gasteiger partial charge is 0.331 e. The first-order chi connectivity index (χ1) is 15.8. The van der Waals surface area contributed by atoms with E-state index >= 15 is 0 Å². The number of nitro benzene ring substituents is 1. The first-order valence-electron chi connectivity index (χ1n) is 10.3. The van der Waals surface area contributed by atoms with Gasteiger partial charge in [-0.2, -0.15) is 0 Å². The highest BCUT2D eigenvalue weighted by Crippen LogP contribution is 2.41. The van der Waals surface area contributed by atoms with Crippen molar-refractivity contribution < 1.29 is 14.8 Å². The number of aromatic nitrogens is 3. The highest BCUT2D eigenvalue weighted by atomic mass is 16.6. The van der Waals surface area contributed by atoms with Crippen molar-refractivity contribution in [2.24, 2.45) is 14.1 Å². The number of phenolic OH excluding ortho intramolecular Hbond substituents is 1. The maximum atomic E-state index is 13.4. The predicted octanol–water partition coefficient (Wildman–Crippen LogP) is 2.44. The van der Waals surface area contributed by atoms with Gasteiger partial charge in [0.2, 0.25) is 0 Å². The van der Waals surface area contributed by atoms with E-state index in [2.05, 4.69) is 0 Å². The van der Waals surface area contributed by atoms with Crippen LogP contribution in [0, 0.1) is 10.1 Å². The second-order valence-electron chi connectivity index (χ2n) is 7.97. The van der Waals surface area contributed by atoms with E-state index in [1.165, 1.54) is 23.7 Å². The topological polar surface area (TPSA) is 122 Å². The molecule has 0 fully saturated rings. The van der Waals surface area contributed by atoms with Gasteiger partial charge in [0.15, 0.2) is 0 Å². The number of hydrogen-bond acceptors (Lipinski definition) is 6. The van der Waals surface area contributed by atoms with Crippen molar-refractivity contribution in [3.8, 4) is 17.0 Å². The third-order valence-electron chi connectivity index (χ3n) is 6.06. The maximum absolute atomic E-state index is 13.4. The van der Waals surface area contributed by atoms with Gasteiger partial charge >= 0.3 is 5.69 Å². The molecule has 1 aliphatic rings. The highest BCUT2D eigenvalue weighted by molar-refractivity contribution is 5.96. The van der Waals surface area contributed by atoms with Gasteiger partial charge in [-0.15, -0.1) is 0 Å². The lowest BCUT2D eigenvalue weighted by Gasteiger charge is -2.27. The minimum absolute atomic E-state index is 0.0628. The summed E-state index contributed by atoms with van der Waals surface area (Å²) in [5.74, 6) is 0.0628. The van der Waals surface area contributed by atoms with E-state index in [1.807, 2.05) is 4.57 Å². The van der Waals surface area contributed by atoms with Crippen LogP contribution < -0.4 is 11.2 Å². The third kappa shape index (κ3) is 3.06. The second kappa shape index (κ2) is 7.45. The minimum atomic E-state index is -0.654. The van der Waals surface area contributed by atoms with Gasteiger partial charge < -0.3 is 14.4 Å². The lowest BCUT2D eigenvalue weighted by Crippen LogP contribution is -2.37. The van der Waals surface area contributed by atoms with Crippen molar-refractivity contribution in [3.05, 3.63) is 90.7 Å². The summed E-state index contributed by atoms with van der Waals surface area (Å²) in [6, 6.07) is 12.7. The quantitative estimate of drug-likeness (QED) is 0.380. The summed E-state index contributed by atoms with van der Waals surface area (Å²) >= 11 is 0. The van der Waals surface area contributed by atoms with E-state index in [0.29, 0.717) is 41.2 Å². The minimum Gasteiger partial charge on any atom is -0.508 e. The molecule has 0 saturated heterocycles. The maximum Gasteiger partial charge on any atom is 0.331 e. The summed E-state index contributed by atoms with van der Waals surface area (Å²) in [6.07, 6.45) is -0.654. The Bertz CT molecular complexity index is 1560. The van der Waals surface area contributed by atoms with E-state index in [9.17, 15) is 24.8 Å². The van der Waals surface area contributed by atoms with Gasteiger partial charge in [0.05, 0.1) is 33.8 Å². The SMILES string of the molecule is Cn1c(=O)c2c(-c3cccc([N+](=O)[O-])c3)n3c(c2n(C)c1=O)[C@H](c1cccc(O)c1)OCC3. The molecular formula is C23H20N4O6. The number of non-ortho nitro benzene ring substituents is 1. The second-order valence-corrected chi connectivity index (χ2v) is 7.97. The summed E-state index contributed by atoms with van der Waals surface area (Å²) in [4.78, 5) is 37.1. The van der Waals surface area contributed by atoms with E-state index in [0.717, 1.165) is 4.57 Å². The molecule has 0 bridgehead atoms. The van der Waals surface area contributed by atoms with Gasteiger partial charge in [-0.3, -0.25) is 24.0 Å². The lowest BCUT2D eigenvalue weighted by molar-refractivity contribution is -0.384. The molecule has 0 radical (unpaired) electrons. The van der Waals surface area contributed by atoms with Crippen molar-refractivity contribution in [1.29, 1.82) is 0 Å². The van der Waals surface area contributed by atoms with Crippen LogP contribution in [0.1, 0.15) is 17.4 Å². The molecule has 10 heteroatoms. The number of nitro groups is 1. The molecule has 3 heterocycles. The Labute approximate surface area is 186 Å². The van der Waals surface area contributed by atoms with Gasteiger partial charge in [0, 0.05) is 38.3 Å². The first-order valence-corrected chi connectivity index (χ1v) is 10.3. The number of ether oxygens (including phenoxy) is 1. The normalized spacial score (nSPS) is 15.5. The molecule has 10 nitrogen and oxygen atoms in total. The van der Waals surface area contributed by atoms with Gasteiger partial charge in [0.25, 0.3) is 11.2 Å². The van der Waals surface area contributed by atoms with E-state index < -0.39 is 22.3 Å². The molecule has 0 amide bonds. The fourth-order valence-corrected chi connectivity index (χ4v) is 4.59. The van der Waals surface area contributed by atoms with Crippen LogP contribution in [-0.4, -0.2) is 30.3 Å². The molecule has 1 N–H and O–H groups in total. The van der Waals surface area contributed by atoms with Crippen molar-refractivity contribution in [3.63, 3.8) is 0 Å². The number of rotatable bonds is 3. The van der Waals surface area contributed by atoms with Crippen LogP contribution in [-0.2, 0) is 25.4 Å². The van der Waals surface area contributed by atoms with Crippen LogP contribution in [0.4, 0.5) is 5.69 Å². The summed E-state index contributed by atoms with van der Waals surface area (Å²) in [5, 5.41) is 21.7. The zero-order valence-electron chi connectivity index (χ0n) is 17.9. The molecule has 168 valence electrons. The Morgan fingerprint density at radius 3 is 2.58 bits per heavy atom. The van der Waals surface area contributed by atoms with Crippen LogP contribution in [0.15, 0.2) is 58.1 Å². The molecule has 1 aliphatic heterocycles. The van der Waals surface area contributed by atoms with E-state index in [4.69, 9.17) is 4.74 Å². The zero-order valence-corrected chi connectivity index (χ0v) is 17.9. The zero-order chi connectivity index (χ0) is 23.4. The first kappa shape index (κ1) is 20.7. The number of aryl methyl sites for hydroxylation is 1. The number of nitrogens with zero attached hydrogens (tertiary/aromatic N) is 4. The van der Waals surface area contributed by atoms with Crippen molar-refractivity contribution in [2.75, 3.05) is 6.61 Å². The van der Waals surface area contributed by atoms with Gasteiger partial charge in [-0.1, -0.05) is 24.3 Å². The molecule has 4 aromatic rings. The summed E-state index contributed by atoms with van der Waals surface area (Å²) in [6.45, 7) is 0.694. The number of phenols is 1. The number of hydrogen-bond donors (Lipinski definition) is 1. The molecule has 0 aliphatic carbocycles. The third-order valence-corrected chi connectivity index (χ3v) is 6.06. The largest absolute Gasteiger partial charge is 0.508 e. The van der Waals surface area contributed by atoms with E-state index in [-0.39, 0.29) is 16.8 Å². The molecule has 0 saturated carbocycles. The molecule has 33 heavy (non-hydrogen) atoms. The molecule has 5 rings (SSSR count). The van der Waals surface area contributed by atoms with Crippen LogP contribution in [0.5, 0.6) is 5.75 Å². The average Bonchev–Trinajstić information content (AvgIpc) is 3.17. The summed E-state index contributed by atoms with van der Waals surface area (Å²) in [5.41, 5.74) is 1.54. The van der Waals surface area contributed by atoms with Crippen LogP contribution in [0.2, 0.25) is 0 Å². The fourth-order valence-electron chi connectivity index (χ4n) is 4.59. The number of aromatic hydroxyl groups is 1. The van der Waals surface area contributed by atoms with Crippen LogP contribution >= 0.6 is 0 Å². The highest BCUT2D eigenvalue weighted by Gasteiger charge is 2.33. The molecular weight excluding hydrogens is 428 g/mol. The van der Waals surface area contributed by atoms with Crippen molar-refractivity contribution >= 4 is 16.6 Å². The Kier molecular flexibility index (Phi) is 4.68. The van der Waals surface area contributed by atoms with Crippen molar-refractivity contribution in [2.45, 2.75) is 12.6 Å². The van der Waals surface area contributed by atoms with Gasteiger partial charge in [-0.25, -0.2) is 4.79 Å². The van der Waals surface area contributed by atoms with Gasteiger partial charge in [-0.05, 0) is 17.7 Å². The monoisotopic (exact) mass is 448 g/mol. The average molecular weight is 448 g/mol.